The van der Waals surface area contributed by atoms with Crippen molar-refractivity contribution >= 4 is 23.0 Å². The first-order chi connectivity index (χ1) is 17.2. The van der Waals surface area contributed by atoms with Crippen LogP contribution in [0.2, 0.25) is 0 Å². The van der Waals surface area contributed by atoms with Gasteiger partial charge in [0.15, 0.2) is 23.0 Å². The summed E-state index contributed by atoms with van der Waals surface area (Å²) in [5.74, 6) is -3.13. The Morgan fingerprint density at radius 3 is 2.58 bits per heavy atom. The molecule has 0 radical (unpaired) electrons. The Morgan fingerprint density at radius 1 is 1.19 bits per heavy atom. The summed E-state index contributed by atoms with van der Waals surface area (Å²) in [5.41, 5.74) is 2.59. The number of rotatable bonds is 5. The van der Waals surface area contributed by atoms with Gasteiger partial charge in [-0.25, -0.2) is 18.6 Å². The molecule has 5 rings (SSSR count). The smallest absolute Gasteiger partial charge is 0.342 e. The number of fused-ring (bicyclic) bond motifs is 4. The molecule has 184 valence electrons. The first-order valence-corrected chi connectivity index (χ1v) is 10.9. The zero-order valence-corrected chi connectivity index (χ0v) is 19.8. The van der Waals surface area contributed by atoms with E-state index in [1.807, 2.05) is 0 Å². The first kappa shape index (κ1) is 23.2. The van der Waals surface area contributed by atoms with Crippen molar-refractivity contribution in [1.29, 1.82) is 0 Å². The van der Waals surface area contributed by atoms with Gasteiger partial charge in [0.1, 0.15) is 5.56 Å². The maximum atomic E-state index is 15.2. The van der Waals surface area contributed by atoms with E-state index >= 15 is 4.39 Å². The Morgan fingerprint density at radius 2 is 1.94 bits per heavy atom. The largest absolute Gasteiger partial charge is 0.493 e. The molecule has 11 heteroatoms. The van der Waals surface area contributed by atoms with Gasteiger partial charge in [-0.2, -0.15) is 0 Å². The van der Waals surface area contributed by atoms with Gasteiger partial charge in [-0.15, -0.1) is 0 Å². The summed E-state index contributed by atoms with van der Waals surface area (Å²) in [6.07, 6.45) is 4.32. The Bertz CT molecular complexity index is 1650. The molecule has 0 spiro atoms. The van der Waals surface area contributed by atoms with Gasteiger partial charge in [0.25, 0.3) is 5.56 Å². The van der Waals surface area contributed by atoms with Gasteiger partial charge in [0.2, 0.25) is 0 Å². The molecule has 2 N–H and O–H groups in total. The van der Waals surface area contributed by atoms with Crippen LogP contribution >= 0.6 is 0 Å². The predicted octanol–water partition coefficient (Wildman–Crippen LogP) is 3.42. The second kappa shape index (κ2) is 8.29. The molecule has 3 heterocycles. The number of nitrogens with zero attached hydrogens (tertiary/aromatic N) is 4. The molecule has 1 aromatic carbocycles. The number of nitrogens with one attached hydrogen (secondary N) is 1. The topological polar surface area (TPSA) is 109 Å². The van der Waals surface area contributed by atoms with Gasteiger partial charge in [-0.1, -0.05) is 0 Å². The Kier molecular flexibility index (Phi) is 5.35. The molecular formula is C25H21F2N5O4. The zero-order valence-electron chi connectivity index (χ0n) is 19.8. The van der Waals surface area contributed by atoms with E-state index in [2.05, 4.69) is 15.3 Å². The average Bonchev–Trinajstić information content (AvgIpc) is 3.24. The van der Waals surface area contributed by atoms with Gasteiger partial charge >= 0.3 is 5.97 Å². The number of hydrogen-bond donors (Lipinski definition) is 2. The van der Waals surface area contributed by atoms with Crippen LogP contribution < -0.4 is 20.5 Å². The summed E-state index contributed by atoms with van der Waals surface area (Å²) in [5, 5.41) is 12.3. The van der Waals surface area contributed by atoms with Crippen LogP contribution in [-0.4, -0.2) is 53.7 Å². The molecule has 1 aliphatic carbocycles. The van der Waals surface area contributed by atoms with Crippen molar-refractivity contribution < 1.29 is 23.4 Å². The molecule has 0 aliphatic heterocycles. The van der Waals surface area contributed by atoms with Crippen molar-refractivity contribution in [2.75, 3.05) is 38.5 Å². The second-order valence-corrected chi connectivity index (χ2v) is 8.51. The van der Waals surface area contributed by atoms with Gasteiger partial charge in [-0.3, -0.25) is 14.2 Å². The zero-order chi connectivity index (χ0) is 25.9. The van der Waals surface area contributed by atoms with Crippen LogP contribution in [0.25, 0.3) is 27.9 Å². The summed E-state index contributed by atoms with van der Waals surface area (Å²) < 4.78 is 36.3. The van der Waals surface area contributed by atoms with Gasteiger partial charge in [-0.05, 0) is 11.6 Å². The Labute approximate surface area is 203 Å². The highest BCUT2D eigenvalue weighted by atomic mass is 19.2. The van der Waals surface area contributed by atoms with E-state index in [-0.39, 0.29) is 17.0 Å². The predicted molar refractivity (Wildman–Crippen MR) is 130 cm³/mol. The second-order valence-electron chi connectivity index (χ2n) is 8.51. The molecule has 4 aromatic rings. The number of aromatic nitrogens is 3. The number of methoxy groups -OCH3 is 1. The number of anilines is 2. The Hall–Kier alpha value is -4.54. The van der Waals surface area contributed by atoms with E-state index < -0.39 is 28.7 Å². The molecule has 0 unspecified atom stereocenters. The molecule has 3 aromatic heterocycles. The third-order valence-corrected chi connectivity index (χ3v) is 6.30. The molecule has 0 saturated carbocycles. The van der Waals surface area contributed by atoms with E-state index in [0.29, 0.717) is 45.7 Å². The number of carboxylic acids is 1. The van der Waals surface area contributed by atoms with Crippen molar-refractivity contribution in [3.8, 4) is 28.0 Å². The van der Waals surface area contributed by atoms with Gasteiger partial charge < -0.3 is 20.1 Å². The minimum absolute atomic E-state index is 0.132. The molecule has 0 bridgehead atoms. The van der Waals surface area contributed by atoms with Crippen LogP contribution in [0, 0.1) is 11.6 Å². The molecule has 0 atom stereocenters. The van der Waals surface area contributed by atoms with Crippen LogP contribution in [0.5, 0.6) is 5.75 Å². The van der Waals surface area contributed by atoms with E-state index in [4.69, 9.17) is 4.74 Å². The van der Waals surface area contributed by atoms with Crippen LogP contribution in [0.1, 0.15) is 21.6 Å². The fourth-order valence-corrected chi connectivity index (χ4v) is 4.71. The van der Waals surface area contributed by atoms with Crippen molar-refractivity contribution in [3.63, 3.8) is 0 Å². The maximum absolute atomic E-state index is 15.2. The highest BCUT2D eigenvalue weighted by molar-refractivity contribution is 5.97. The summed E-state index contributed by atoms with van der Waals surface area (Å²) in [6.45, 7) is 0. The van der Waals surface area contributed by atoms with Crippen LogP contribution in [0.4, 0.5) is 20.2 Å². The average molecular weight is 493 g/mol. The lowest BCUT2D eigenvalue weighted by Gasteiger charge is -2.22. The number of pyridine rings is 2. The number of benzene rings is 1. The number of carboxylic acid groups (broad SMARTS) is 1. The molecule has 9 nitrogen and oxygen atoms in total. The van der Waals surface area contributed by atoms with Gasteiger partial charge in [0.05, 0.1) is 18.5 Å². The standard InChI is InChI=1S/C25H21F2N5O4/c1-28-16-7-15(26)21(27)19-12(16)6-17-20(19)22(31(2)3)13(8-29-17)11-5-18(36-4)23-30-9-14(25(34)35)24(33)32(23)10-11/h5,7-10,28H,6H2,1-4H3,(H,34,35). The normalized spacial score (nSPS) is 11.8. The fourth-order valence-electron chi connectivity index (χ4n) is 4.71. The number of carbonyl (C=O) groups is 1. The molecule has 0 fully saturated rings. The molecule has 0 amide bonds. The highest BCUT2D eigenvalue weighted by Crippen LogP contribution is 2.49. The lowest BCUT2D eigenvalue weighted by Crippen LogP contribution is -2.23. The van der Waals surface area contributed by atoms with E-state index in [1.54, 1.807) is 38.3 Å². The monoisotopic (exact) mass is 493 g/mol. The Balaban J connectivity index is 1.85. The minimum atomic E-state index is -1.41. The third kappa shape index (κ3) is 3.27. The van der Waals surface area contributed by atoms with Crippen molar-refractivity contribution in [3.05, 3.63) is 69.5 Å². The number of ether oxygens (including phenoxy) is 1. The summed E-state index contributed by atoms with van der Waals surface area (Å²) in [4.78, 5) is 34.8. The quantitative estimate of drug-likeness (QED) is 0.384. The van der Waals surface area contributed by atoms with Crippen molar-refractivity contribution in [2.45, 2.75) is 6.42 Å². The van der Waals surface area contributed by atoms with Gasteiger partial charge in [0, 0.05) is 80.2 Å². The maximum Gasteiger partial charge on any atom is 0.342 e. The number of halogens is 2. The van der Waals surface area contributed by atoms with E-state index in [1.165, 1.54) is 13.3 Å². The molecule has 0 saturated heterocycles. The van der Waals surface area contributed by atoms with E-state index in [0.717, 1.165) is 16.7 Å². The number of aromatic carboxylic acids is 1. The summed E-state index contributed by atoms with van der Waals surface area (Å²) in [7, 11) is 6.57. The van der Waals surface area contributed by atoms with Crippen molar-refractivity contribution in [1.82, 2.24) is 14.4 Å². The first-order valence-electron chi connectivity index (χ1n) is 10.9. The molecule has 36 heavy (non-hydrogen) atoms. The summed E-state index contributed by atoms with van der Waals surface area (Å²) >= 11 is 0. The molecule has 1 aliphatic rings. The minimum Gasteiger partial charge on any atom is -0.493 e. The van der Waals surface area contributed by atoms with Crippen LogP contribution in [-0.2, 0) is 6.42 Å². The lowest BCUT2D eigenvalue weighted by molar-refractivity contribution is 0.0694. The molecular weight excluding hydrogens is 472 g/mol. The van der Waals surface area contributed by atoms with Crippen LogP contribution in [0.15, 0.2) is 35.5 Å². The van der Waals surface area contributed by atoms with E-state index in [9.17, 15) is 19.1 Å². The fraction of sp³-hybridized carbons (Fsp3) is 0.200. The van der Waals surface area contributed by atoms with Crippen molar-refractivity contribution in [2.24, 2.45) is 0 Å². The highest BCUT2D eigenvalue weighted by Gasteiger charge is 2.33. The lowest BCUT2D eigenvalue weighted by atomic mass is 9.97. The summed E-state index contributed by atoms with van der Waals surface area (Å²) in [6, 6.07) is 2.76. The SMILES string of the molecule is CNc1cc(F)c(F)c2c1Cc1ncc(-c3cc(OC)c4ncc(C(=O)O)c(=O)n4c3)c(N(C)C)c1-2. The third-order valence-electron chi connectivity index (χ3n) is 6.30. The van der Waals surface area contributed by atoms with Crippen LogP contribution in [0.3, 0.4) is 0 Å². The number of hydrogen-bond acceptors (Lipinski definition) is 7.